The maximum absolute atomic E-state index is 13.3. The van der Waals surface area contributed by atoms with Gasteiger partial charge >= 0.3 is 0 Å². The number of rotatable bonds is 6. The number of aryl methyl sites for hydroxylation is 2. The van der Waals surface area contributed by atoms with Crippen molar-refractivity contribution in [3.8, 4) is 11.4 Å². The van der Waals surface area contributed by atoms with Crippen LogP contribution in [0.3, 0.4) is 0 Å². The summed E-state index contributed by atoms with van der Waals surface area (Å²) in [5.74, 6) is 1.54. The van der Waals surface area contributed by atoms with Gasteiger partial charge in [0.25, 0.3) is 5.56 Å². The smallest absolute Gasteiger partial charge is 0.267 e. The van der Waals surface area contributed by atoms with Gasteiger partial charge in [-0.3, -0.25) is 9.36 Å². The van der Waals surface area contributed by atoms with Gasteiger partial charge in [-0.25, -0.2) is 4.98 Å². The van der Waals surface area contributed by atoms with E-state index in [1.54, 1.807) is 15.9 Å². The number of thiophene rings is 1. The van der Waals surface area contributed by atoms with E-state index in [1.165, 1.54) is 11.8 Å². The van der Waals surface area contributed by atoms with Crippen molar-refractivity contribution >= 4 is 33.3 Å². The van der Waals surface area contributed by atoms with E-state index >= 15 is 0 Å². The van der Waals surface area contributed by atoms with Gasteiger partial charge in [-0.15, -0.1) is 11.3 Å². The summed E-state index contributed by atoms with van der Waals surface area (Å²) in [4.78, 5) is 20.1. The Labute approximate surface area is 171 Å². The van der Waals surface area contributed by atoms with Crippen molar-refractivity contribution in [2.24, 2.45) is 0 Å². The van der Waals surface area contributed by atoms with Gasteiger partial charge in [0.15, 0.2) is 5.16 Å². The first-order valence-electron chi connectivity index (χ1n) is 9.04. The number of hydrogen-bond acceptors (Lipinski definition) is 5. The lowest BCUT2D eigenvalue weighted by atomic mass is 10.2. The first-order chi connectivity index (χ1) is 13.6. The van der Waals surface area contributed by atoms with Gasteiger partial charge in [-0.1, -0.05) is 48.2 Å². The lowest BCUT2D eigenvalue weighted by Gasteiger charge is -2.12. The summed E-state index contributed by atoms with van der Waals surface area (Å²) >= 11 is 3.12. The average molecular weight is 409 g/mol. The third-order valence-corrected chi connectivity index (χ3v) is 6.52. The number of ether oxygens (including phenoxy) is 1. The number of fused-ring (bicyclic) bond motifs is 1. The van der Waals surface area contributed by atoms with Crippen LogP contribution in [0.2, 0.25) is 0 Å². The molecule has 0 spiro atoms. The fourth-order valence-corrected chi connectivity index (χ4v) is 4.89. The van der Waals surface area contributed by atoms with E-state index in [4.69, 9.17) is 9.72 Å². The summed E-state index contributed by atoms with van der Waals surface area (Å²) in [7, 11) is 0. The molecule has 4 rings (SSSR count). The van der Waals surface area contributed by atoms with Crippen molar-refractivity contribution in [1.82, 2.24) is 9.55 Å². The van der Waals surface area contributed by atoms with Crippen LogP contribution < -0.4 is 10.3 Å². The van der Waals surface area contributed by atoms with E-state index in [9.17, 15) is 4.79 Å². The van der Waals surface area contributed by atoms with Crippen molar-refractivity contribution < 1.29 is 4.74 Å². The summed E-state index contributed by atoms with van der Waals surface area (Å²) in [5, 5.41) is 1.41. The molecule has 0 radical (unpaired) electrons. The summed E-state index contributed by atoms with van der Waals surface area (Å²) in [5.41, 5.74) is 1.84. The van der Waals surface area contributed by atoms with Gasteiger partial charge in [0.05, 0.1) is 17.7 Å². The first kappa shape index (κ1) is 18.8. The van der Waals surface area contributed by atoms with Crippen LogP contribution >= 0.6 is 23.1 Å². The summed E-state index contributed by atoms with van der Waals surface area (Å²) in [6, 6.07) is 19.4. The summed E-state index contributed by atoms with van der Waals surface area (Å²) in [6.45, 7) is 4.57. The third-order valence-electron chi connectivity index (χ3n) is 4.51. The van der Waals surface area contributed by atoms with Crippen LogP contribution in [0, 0.1) is 13.8 Å². The molecule has 4 nitrogen and oxygen atoms in total. The Bertz CT molecular complexity index is 1150. The van der Waals surface area contributed by atoms with Crippen molar-refractivity contribution in [1.29, 1.82) is 0 Å². The third kappa shape index (κ3) is 3.70. The highest BCUT2D eigenvalue weighted by atomic mass is 32.2. The van der Waals surface area contributed by atoms with Gasteiger partial charge in [0.2, 0.25) is 0 Å². The van der Waals surface area contributed by atoms with Crippen molar-refractivity contribution in [3.63, 3.8) is 0 Å². The topological polar surface area (TPSA) is 44.1 Å². The molecule has 0 saturated carbocycles. The SMILES string of the molecule is Cc1sc2nc(SCCOc3ccccc3)n(-c3ccccc3)c(=O)c2c1C. The molecule has 0 unspecified atom stereocenters. The van der Waals surface area contributed by atoms with Crippen LogP contribution in [0.15, 0.2) is 70.6 Å². The number of aromatic nitrogens is 2. The van der Waals surface area contributed by atoms with Crippen molar-refractivity contribution in [2.45, 2.75) is 19.0 Å². The number of thioether (sulfide) groups is 1. The number of hydrogen-bond donors (Lipinski definition) is 0. The predicted molar refractivity (Wildman–Crippen MR) is 117 cm³/mol. The molecule has 4 aromatic rings. The molecule has 28 heavy (non-hydrogen) atoms. The van der Waals surface area contributed by atoms with E-state index in [1.807, 2.05) is 74.5 Å². The molecular formula is C22H20N2O2S2. The standard InChI is InChI=1S/C22H20N2O2S2/c1-15-16(2)28-20-19(15)21(25)24(17-9-5-3-6-10-17)22(23-20)27-14-13-26-18-11-7-4-8-12-18/h3-12H,13-14H2,1-2H3. The molecule has 0 aliphatic rings. The summed E-state index contributed by atoms with van der Waals surface area (Å²) in [6.07, 6.45) is 0. The number of para-hydroxylation sites is 2. The van der Waals surface area contributed by atoms with Crippen LogP contribution in [0.4, 0.5) is 0 Å². The Hall–Kier alpha value is -2.57. The minimum Gasteiger partial charge on any atom is -0.493 e. The molecule has 0 fully saturated rings. The lowest BCUT2D eigenvalue weighted by molar-refractivity contribution is 0.344. The normalized spacial score (nSPS) is 11.1. The fourth-order valence-electron chi connectivity index (χ4n) is 2.99. The van der Waals surface area contributed by atoms with Crippen LogP contribution in [0.5, 0.6) is 5.75 Å². The molecule has 2 heterocycles. The van der Waals surface area contributed by atoms with Gasteiger partial charge in [0, 0.05) is 10.6 Å². The first-order valence-corrected chi connectivity index (χ1v) is 10.8. The Morgan fingerprint density at radius 2 is 1.71 bits per heavy atom. The quantitative estimate of drug-likeness (QED) is 0.249. The second-order valence-electron chi connectivity index (χ2n) is 6.34. The molecule has 0 bridgehead atoms. The molecule has 0 amide bonds. The van der Waals surface area contributed by atoms with Crippen LogP contribution in [0.25, 0.3) is 15.9 Å². The zero-order valence-electron chi connectivity index (χ0n) is 15.7. The fraction of sp³-hybridized carbons (Fsp3) is 0.182. The number of nitrogens with zero attached hydrogens (tertiary/aromatic N) is 2. The zero-order chi connectivity index (χ0) is 19.5. The molecule has 0 aliphatic heterocycles. The second-order valence-corrected chi connectivity index (χ2v) is 8.61. The van der Waals surface area contributed by atoms with Crippen molar-refractivity contribution in [2.75, 3.05) is 12.4 Å². The highest BCUT2D eigenvalue weighted by Gasteiger charge is 2.17. The van der Waals surface area contributed by atoms with Gasteiger partial charge in [0.1, 0.15) is 10.6 Å². The lowest BCUT2D eigenvalue weighted by Crippen LogP contribution is -2.22. The highest BCUT2D eigenvalue weighted by molar-refractivity contribution is 7.99. The van der Waals surface area contributed by atoms with E-state index < -0.39 is 0 Å². The van der Waals surface area contributed by atoms with Crippen LogP contribution in [-0.2, 0) is 0 Å². The maximum Gasteiger partial charge on any atom is 0.267 e. The molecule has 2 aromatic heterocycles. The second kappa shape index (κ2) is 8.20. The van der Waals surface area contributed by atoms with Gasteiger partial charge < -0.3 is 4.74 Å². The Balaban J connectivity index is 1.67. The largest absolute Gasteiger partial charge is 0.493 e. The zero-order valence-corrected chi connectivity index (χ0v) is 17.3. The number of benzene rings is 2. The minimum absolute atomic E-state index is 0.00970. The molecule has 0 saturated heterocycles. The molecule has 142 valence electrons. The van der Waals surface area contributed by atoms with Gasteiger partial charge in [-0.05, 0) is 43.7 Å². The van der Waals surface area contributed by atoms with E-state index in [0.29, 0.717) is 17.5 Å². The molecule has 0 aliphatic carbocycles. The molecule has 2 aromatic carbocycles. The van der Waals surface area contributed by atoms with E-state index in [2.05, 4.69) is 0 Å². The van der Waals surface area contributed by atoms with Crippen LogP contribution in [0.1, 0.15) is 10.4 Å². The Morgan fingerprint density at radius 3 is 2.43 bits per heavy atom. The molecule has 0 atom stereocenters. The molecule has 0 N–H and O–H groups in total. The Morgan fingerprint density at radius 1 is 1.04 bits per heavy atom. The maximum atomic E-state index is 13.3. The highest BCUT2D eigenvalue weighted by Crippen LogP contribution is 2.29. The summed E-state index contributed by atoms with van der Waals surface area (Å²) < 4.78 is 7.50. The van der Waals surface area contributed by atoms with Crippen LogP contribution in [-0.4, -0.2) is 21.9 Å². The molecule has 6 heteroatoms. The average Bonchev–Trinajstić information content (AvgIpc) is 3.00. The predicted octanol–water partition coefficient (Wildman–Crippen LogP) is 5.24. The minimum atomic E-state index is -0.00970. The van der Waals surface area contributed by atoms with E-state index in [0.717, 1.165) is 32.1 Å². The molecular weight excluding hydrogens is 388 g/mol. The van der Waals surface area contributed by atoms with Crippen molar-refractivity contribution in [3.05, 3.63) is 81.5 Å². The Kier molecular flexibility index (Phi) is 5.50. The monoisotopic (exact) mass is 408 g/mol. The van der Waals surface area contributed by atoms with E-state index in [-0.39, 0.29) is 5.56 Å². The van der Waals surface area contributed by atoms with Gasteiger partial charge in [-0.2, -0.15) is 0 Å².